The Balaban J connectivity index is 1.45. The lowest BCUT2D eigenvalue weighted by atomic mass is 9.78. The molecule has 34 heavy (non-hydrogen) atoms. The van der Waals surface area contributed by atoms with Crippen molar-refractivity contribution in [2.75, 3.05) is 13.1 Å². The fourth-order valence-corrected chi connectivity index (χ4v) is 3.87. The van der Waals surface area contributed by atoms with Gasteiger partial charge in [-0.25, -0.2) is 14.8 Å². The molecule has 0 unspecified atom stereocenters. The number of rotatable bonds is 3. The molecule has 1 aromatic carbocycles. The summed E-state index contributed by atoms with van der Waals surface area (Å²) in [5.41, 5.74) is 2.68. The fraction of sp³-hybridized carbons (Fsp3) is 0.500. The van der Waals surface area contributed by atoms with Crippen LogP contribution in [0.15, 0.2) is 42.7 Å². The fourth-order valence-electron chi connectivity index (χ4n) is 3.87. The molecule has 0 radical (unpaired) electrons. The third-order valence-electron chi connectivity index (χ3n) is 6.55. The summed E-state index contributed by atoms with van der Waals surface area (Å²) in [4.78, 5) is 23.2. The van der Waals surface area contributed by atoms with Gasteiger partial charge in [-0.15, -0.1) is 0 Å². The van der Waals surface area contributed by atoms with E-state index in [-0.39, 0.29) is 6.09 Å². The summed E-state index contributed by atoms with van der Waals surface area (Å²) in [6.45, 7) is 14.9. The molecule has 1 saturated heterocycles. The van der Waals surface area contributed by atoms with E-state index in [0.29, 0.717) is 18.9 Å². The number of benzene rings is 1. The third-order valence-corrected chi connectivity index (χ3v) is 6.55. The van der Waals surface area contributed by atoms with Crippen molar-refractivity contribution in [3.05, 3.63) is 48.3 Å². The largest absolute Gasteiger partial charge is 0.494 e. The lowest BCUT2D eigenvalue weighted by Gasteiger charge is -2.32. The molecule has 2 aliphatic heterocycles. The number of amides is 1. The first-order valence-electron chi connectivity index (χ1n) is 11.8. The van der Waals surface area contributed by atoms with E-state index in [1.165, 1.54) is 0 Å². The van der Waals surface area contributed by atoms with Crippen molar-refractivity contribution in [2.45, 2.75) is 71.7 Å². The van der Waals surface area contributed by atoms with Crippen LogP contribution in [0.1, 0.15) is 60.5 Å². The molecule has 2 aromatic rings. The SMILES string of the molecule is CC(C)(C)OC(=O)N1CC=C(c2cnc(-c3cccc(B4OC(C)(C)C(C)(C)O4)c3)nc2)CC1. The minimum Gasteiger partial charge on any atom is -0.444 e. The van der Waals surface area contributed by atoms with Gasteiger partial charge in [0.1, 0.15) is 5.60 Å². The summed E-state index contributed by atoms with van der Waals surface area (Å²) in [5, 5.41) is 0. The van der Waals surface area contributed by atoms with Gasteiger partial charge in [0, 0.05) is 36.6 Å². The lowest BCUT2D eigenvalue weighted by molar-refractivity contribution is 0.00578. The zero-order valence-corrected chi connectivity index (χ0v) is 21.2. The van der Waals surface area contributed by atoms with Crippen molar-refractivity contribution >= 4 is 24.2 Å². The molecule has 1 amide bonds. The van der Waals surface area contributed by atoms with Crippen LogP contribution in [0.3, 0.4) is 0 Å². The van der Waals surface area contributed by atoms with Crippen molar-refractivity contribution in [1.82, 2.24) is 14.9 Å². The molecule has 4 rings (SSSR count). The maximum absolute atomic E-state index is 12.3. The zero-order valence-electron chi connectivity index (χ0n) is 21.2. The number of carbonyl (C=O) groups is 1. The molecule has 0 aliphatic carbocycles. The van der Waals surface area contributed by atoms with Crippen LogP contribution in [-0.2, 0) is 14.0 Å². The summed E-state index contributed by atoms with van der Waals surface area (Å²) in [6.07, 6.45) is 6.19. The summed E-state index contributed by atoms with van der Waals surface area (Å²) in [7, 11) is -0.426. The summed E-state index contributed by atoms with van der Waals surface area (Å²) in [6, 6.07) is 7.99. The van der Waals surface area contributed by atoms with Crippen LogP contribution < -0.4 is 5.46 Å². The molecule has 180 valence electrons. The van der Waals surface area contributed by atoms with E-state index in [2.05, 4.69) is 9.97 Å². The smallest absolute Gasteiger partial charge is 0.444 e. The molecular weight excluding hydrogens is 429 g/mol. The molecule has 1 fully saturated rings. The van der Waals surface area contributed by atoms with Crippen LogP contribution in [0, 0.1) is 0 Å². The molecule has 0 bridgehead atoms. The Labute approximate surface area is 202 Å². The number of ether oxygens (including phenoxy) is 1. The second-order valence-electron chi connectivity index (χ2n) is 10.9. The molecule has 1 aromatic heterocycles. The van der Waals surface area contributed by atoms with Crippen LogP contribution in [-0.4, -0.2) is 58.0 Å². The quantitative estimate of drug-likeness (QED) is 0.626. The maximum atomic E-state index is 12.3. The van der Waals surface area contributed by atoms with Gasteiger partial charge in [-0.05, 0) is 65.9 Å². The third kappa shape index (κ3) is 5.18. The molecule has 0 N–H and O–H groups in total. The Hall–Kier alpha value is -2.71. The van der Waals surface area contributed by atoms with Crippen LogP contribution >= 0.6 is 0 Å². The van der Waals surface area contributed by atoms with Gasteiger partial charge in [0.25, 0.3) is 0 Å². The standard InChI is InChI=1S/C26H34BN3O4/c1-24(2,3)32-23(31)30-13-11-18(12-14-30)20-16-28-22(29-17-20)19-9-8-10-21(15-19)27-33-25(4,5)26(6,7)34-27/h8-11,15-17H,12-14H2,1-7H3. The minimum absolute atomic E-state index is 0.281. The number of hydrogen-bond acceptors (Lipinski definition) is 6. The van der Waals surface area contributed by atoms with Gasteiger partial charge in [-0.1, -0.05) is 30.3 Å². The second kappa shape index (κ2) is 8.82. The number of carbonyl (C=O) groups excluding carboxylic acids is 1. The van der Waals surface area contributed by atoms with E-state index in [0.717, 1.165) is 28.6 Å². The molecular formula is C26H34BN3O4. The molecule has 8 heteroatoms. The molecule has 2 aliphatic rings. The average Bonchev–Trinajstić information content (AvgIpc) is 3.00. The van der Waals surface area contributed by atoms with Crippen molar-refractivity contribution in [3.8, 4) is 11.4 Å². The van der Waals surface area contributed by atoms with Crippen LogP contribution in [0.4, 0.5) is 4.79 Å². The molecule has 0 saturated carbocycles. The highest BCUT2D eigenvalue weighted by atomic mass is 16.7. The molecule has 3 heterocycles. The average molecular weight is 463 g/mol. The van der Waals surface area contributed by atoms with Crippen molar-refractivity contribution in [2.24, 2.45) is 0 Å². The summed E-state index contributed by atoms with van der Waals surface area (Å²) in [5.74, 6) is 0.647. The van der Waals surface area contributed by atoms with E-state index in [4.69, 9.17) is 14.0 Å². The van der Waals surface area contributed by atoms with Gasteiger partial charge in [-0.2, -0.15) is 0 Å². The molecule has 0 spiro atoms. The van der Waals surface area contributed by atoms with Crippen molar-refractivity contribution in [1.29, 1.82) is 0 Å². The number of hydrogen-bond donors (Lipinski definition) is 0. The molecule has 7 nitrogen and oxygen atoms in total. The number of aromatic nitrogens is 2. The first-order valence-corrected chi connectivity index (χ1v) is 11.8. The first-order chi connectivity index (χ1) is 15.8. The number of nitrogens with zero attached hydrogens (tertiary/aromatic N) is 3. The predicted octanol–water partition coefficient (Wildman–Crippen LogP) is 4.47. The van der Waals surface area contributed by atoms with Gasteiger partial charge in [0.05, 0.1) is 11.2 Å². The highest BCUT2D eigenvalue weighted by Crippen LogP contribution is 2.36. The van der Waals surface area contributed by atoms with Gasteiger partial charge >= 0.3 is 13.2 Å². The topological polar surface area (TPSA) is 73.8 Å². The Bertz CT molecular complexity index is 1070. The van der Waals surface area contributed by atoms with Gasteiger partial charge in [-0.3, -0.25) is 0 Å². The zero-order chi connectivity index (χ0) is 24.7. The Morgan fingerprint density at radius 1 is 1.06 bits per heavy atom. The molecule has 0 atom stereocenters. The first kappa shape index (κ1) is 24.4. The predicted molar refractivity (Wildman–Crippen MR) is 134 cm³/mol. The van der Waals surface area contributed by atoms with Crippen LogP contribution in [0.25, 0.3) is 17.0 Å². The lowest BCUT2D eigenvalue weighted by Crippen LogP contribution is -2.41. The van der Waals surface area contributed by atoms with Gasteiger partial charge in [0.15, 0.2) is 5.82 Å². The summed E-state index contributed by atoms with van der Waals surface area (Å²) >= 11 is 0. The second-order valence-corrected chi connectivity index (χ2v) is 10.9. The van der Waals surface area contributed by atoms with E-state index in [9.17, 15) is 4.79 Å². The van der Waals surface area contributed by atoms with E-state index >= 15 is 0 Å². The van der Waals surface area contributed by atoms with Crippen LogP contribution in [0.5, 0.6) is 0 Å². The Morgan fingerprint density at radius 3 is 2.26 bits per heavy atom. The van der Waals surface area contributed by atoms with Crippen molar-refractivity contribution in [3.63, 3.8) is 0 Å². The van der Waals surface area contributed by atoms with Gasteiger partial charge in [0.2, 0.25) is 0 Å². The Morgan fingerprint density at radius 2 is 1.71 bits per heavy atom. The van der Waals surface area contributed by atoms with E-state index in [1.54, 1.807) is 4.90 Å². The monoisotopic (exact) mass is 463 g/mol. The van der Waals surface area contributed by atoms with Gasteiger partial charge < -0.3 is 18.9 Å². The minimum atomic E-state index is -0.496. The normalized spacial score (nSPS) is 19.7. The highest BCUT2D eigenvalue weighted by Gasteiger charge is 2.51. The Kier molecular flexibility index (Phi) is 6.33. The van der Waals surface area contributed by atoms with E-state index in [1.807, 2.05) is 91.2 Å². The highest BCUT2D eigenvalue weighted by molar-refractivity contribution is 6.62. The maximum Gasteiger partial charge on any atom is 0.494 e. The van der Waals surface area contributed by atoms with E-state index < -0.39 is 23.9 Å². The summed E-state index contributed by atoms with van der Waals surface area (Å²) < 4.78 is 17.8. The van der Waals surface area contributed by atoms with Crippen LogP contribution in [0.2, 0.25) is 0 Å². The van der Waals surface area contributed by atoms with Crippen molar-refractivity contribution < 1.29 is 18.8 Å².